The Balaban J connectivity index is 2.45. The van der Waals surface area contributed by atoms with Crippen molar-refractivity contribution in [3.05, 3.63) is 24.0 Å². The van der Waals surface area contributed by atoms with E-state index < -0.39 is 12.6 Å². The minimum absolute atomic E-state index is 0.110. The Kier molecular flexibility index (Phi) is 5.40. The van der Waals surface area contributed by atoms with Gasteiger partial charge in [0.25, 0.3) is 0 Å². The molecule has 0 aliphatic heterocycles. The molecule has 0 saturated carbocycles. The predicted molar refractivity (Wildman–Crippen MR) is 62.5 cm³/mol. The van der Waals surface area contributed by atoms with Crippen LogP contribution in [0.4, 0.5) is 13.2 Å². The van der Waals surface area contributed by atoms with Gasteiger partial charge >= 0.3 is 6.18 Å². The van der Waals surface area contributed by atoms with Crippen LogP contribution >= 0.6 is 0 Å². The predicted octanol–water partition coefficient (Wildman–Crippen LogP) is 3.08. The van der Waals surface area contributed by atoms with Crippen LogP contribution in [0, 0.1) is 0 Å². The van der Waals surface area contributed by atoms with Gasteiger partial charge in [0.15, 0.2) is 0 Å². The fourth-order valence-corrected chi connectivity index (χ4v) is 1.43. The highest BCUT2D eigenvalue weighted by Gasteiger charge is 2.26. The van der Waals surface area contributed by atoms with Gasteiger partial charge in [0.2, 0.25) is 0 Å². The van der Waals surface area contributed by atoms with E-state index >= 15 is 0 Å². The summed E-state index contributed by atoms with van der Waals surface area (Å²) in [5, 5.41) is 3.19. The van der Waals surface area contributed by atoms with E-state index in [1.54, 1.807) is 12.1 Å². The van der Waals surface area contributed by atoms with Crippen molar-refractivity contribution in [2.45, 2.75) is 32.5 Å². The molecule has 0 aromatic carbocycles. The number of hydrogen-bond acceptors (Lipinski definition) is 3. The smallest absolute Gasteiger partial charge is 0.392 e. The largest absolute Gasteiger partial charge is 0.492 e. The summed E-state index contributed by atoms with van der Waals surface area (Å²) < 4.78 is 40.7. The van der Waals surface area contributed by atoms with Gasteiger partial charge in [-0.3, -0.25) is 4.98 Å². The standard InChI is InChI=1S/C12H17F3N2O/c1-3-16-9(2)11-5-4-10(8-17-11)18-7-6-12(13,14)15/h4-5,8-9,16H,3,6-7H2,1-2H3. The van der Waals surface area contributed by atoms with Gasteiger partial charge in [-0.2, -0.15) is 13.2 Å². The first-order chi connectivity index (χ1) is 8.42. The molecule has 1 unspecified atom stereocenters. The van der Waals surface area contributed by atoms with Crippen LogP contribution in [0.5, 0.6) is 5.75 Å². The van der Waals surface area contributed by atoms with E-state index in [0.29, 0.717) is 5.75 Å². The van der Waals surface area contributed by atoms with E-state index in [1.807, 2.05) is 13.8 Å². The minimum Gasteiger partial charge on any atom is -0.492 e. The van der Waals surface area contributed by atoms with Crippen LogP contribution < -0.4 is 10.1 Å². The number of aromatic nitrogens is 1. The lowest BCUT2D eigenvalue weighted by Gasteiger charge is -2.12. The van der Waals surface area contributed by atoms with E-state index in [1.165, 1.54) is 6.20 Å². The molecule has 0 aliphatic rings. The molecule has 1 rings (SSSR count). The fraction of sp³-hybridized carbons (Fsp3) is 0.583. The highest BCUT2D eigenvalue weighted by molar-refractivity contribution is 5.21. The summed E-state index contributed by atoms with van der Waals surface area (Å²) in [6, 6.07) is 3.49. The average molecular weight is 262 g/mol. The van der Waals surface area contributed by atoms with Crippen LogP contribution in [0.15, 0.2) is 18.3 Å². The molecule has 3 nitrogen and oxygen atoms in total. The minimum atomic E-state index is -4.19. The number of alkyl halides is 3. The molecule has 1 aromatic rings. The van der Waals surface area contributed by atoms with Gasteiger partial charge in [0.1, 0.15) is 5.75 Å². The Bertz CT molecular complexity index is 351. The monoisotopic (exact) mass is 262 g/mol. The maximum atomic E-state index is 11.9. The van der Waals surface area contributed by atoms with Crippen molar-refractivity contribution >= 4 is 0 Å². The molecular weight excluding hydrogens is 245 g/mol. The summed E-state index contributed by atoms with van der Waals surface area (Å²) in [4.78, 5) is 4.14. The molecule has 1 heterocycles. The van der Waals surface area contributed by atoms with Crippen molar-refractivity contribution < 1.29 is 17.9 Å². The molecule has 18 heavy (non-hydrogen) atoms. The summed E-state index contributed by atoms with van der Waals surface area (Å²) in [5.74, 6) is 0.353. The molecular formula is C12H17F3N2O. The fourth-order valence-electron chi connectivity index (χ4n) is 1.43. The summed E-state index contributed by atoms with van der Waals surface area (Å²) >= 11 is 0. The van der Waals surface area contributed by atoms with E-state index in [4.69, 9.17) is 4.74 Å². The number of halogens is 3. The highest BCUT2D eigenvalue weighted by atomic mass is 19.4. The molecule has 1 aromatic heterocycles. The molecule has 0 radical (unpaired) electrons. The highest BCUT2D eigenvalue weighted by Crippen LogP contribution is 2.20. The average Bonchev–Trinajstić information content (AvgIpc) is 2.28. The van der Waals surface area contributed by atoms with Gasteiger partial charge in [-0.05, 0) is 25.6 Å². The summed E-state index contributed by atoms with van der Waals surface area (Å²) in [7, 11) is 0. The second-order valence-electron chi connectivity index (χ2n) is 3.91. The third kappa shape index (κ3) is 5.35. The van der Waals surface area contributed by atoms with E-state index in [-0.39, 0.29) is 12.6 Å². The number of rotatable bonds is 6. The quantitative estimate of drug-likeness (QED) is 0.855. The zero-order valence-corrected chi connectivity index (χ0v) is 10.4. The van der Waals surface area contributed by atoms with Crippen molar-refractivity contribution in [2.24, 2.45) is 0 Å². The zero-order chi connectivity index (χ0) is 13.6. The Morgan fingerprint density at radius 1 is 1.39 bits per heavy atom. The van der Waals surface area contributed by atoms with E-state index in [2.05, 4.69) is 10.3 Å². The van der Waals surface area contributed by atoms with Crippen LogP contribution in [0.25, 0.3) is 0 Å². The van der Waals surface area contributed by atoms with Gasteiger partial charge in [-0.15, -0.1) is 0 Å². The second kappa shape index (κ2) is 6.58. The van der Waals surface area contributed by atoms with Crippen molar-refractivity contribution in [3.63, 3.8) is 0 Å². The first-order valence-corrected chi connectivity index (χ1v) is 5.81. The van der Waals surface area contributed by atoms with Crippen LogP contribution in [0.1, 0.15) is 32.0 Å². The molecule has 0 bridgehead atoms. The van der Waals surface area contributed by atoms with Crippen LogP contribution in [-0.4, -0.2) is 24.3 Å². The van der Waals surface area contributed by atoms with Gasteiger partial charge in [0, 0.05) is 6.04 Å². The van der Waals surface area contributed by atoms with Gasteiger partial charge < -0.3 is 10.1 Å². The van der Waals surface area contributed by atoms with E-state index in [9.17, 15) is 13.2 Å². The Labute approximate surface area is 104 Å². The van der Waals surface area contributed by atoms with Crippen LogP contribution in [-0.2, 0) is 0 Å². The lowest BCUT2D eigenvalue weighted by Crippen LogP contribution is -2.18. The lowest BCUT2D eigenvalue weighted by atomic mass is 10.2. The SMILES string of the molecule is CCNC(C)c1ccc(OCCC(F)(F)F)cn1. The summed E-state index contributed by atoms with van der Waals surface area (Å²) in [6.45, 7) is 4.40. The second-order valence-corrected chi connectivity index (χ2v) is 3.91. The number of hydrogen-bond donors (Lipinski definition) is 1. The van der Waals surface area contributed by atoms with Crippen LogP contribution in [0.2, 0.25) is 0 Å². The van der Waals surface area contributed by atoms with Gasteiger partial charge in [0.05, 0.1) is 24.9 Å². The molecule has 6 heteroatoms. The van der Waals surface area contributed by atoms with Crippen molar-refractivity contribution in [1.29, 1.82) is 0 Å². The Hall–Kier alpha value is -1.30. The maximum absolute atomic E-state index is 11.9. The third-order valence-electron chi connectivity index (χ3n) is 2.37. The molecule has 0 amide bonds. The number of nitrogens with zero attached hydrogens (tertiary/aromatic N) is 1. The normalized spacial score (nSPS) is 13.4. The Morgan fingerprint density at radius 2 is 2.11 bits per heavy atom. The van der Waals surface area contributed by atoms with Gasteiger partial charge in [-0.25, -0.2) is 0 Å². The molecule has 1 N–H and O–H groups in total. The zero-order valence-electron chi connectivity index (χ0n) is 10.4. The maximum Gasteiger partial charge on any atom is 0.392 e. The van der Waals surface area contributed by atoms with Crippen molar-refractivity contribution in [1.82, 2.24) is 10.3 Å². The summed E-state index contributed by atoms with van der Waals surface area (Å²) in [6.07, 6.45) is -3.70. The lowest BCUT2D eigenvalue weighted by molar-refractivity contribution is -0.139. The molecule has 0 spiro atoms. The van der Waals surface area contributed by atoms with Crippen LogP contribution in [0.3, 0.4) is 0 Å². The number of pyridine rings is 1. The molecule has 1 atom stereocenters. The number of ether oxygens (including phenoxy) is 1. The molecule has 0 saturated heterocycles. The van der Waals surface area contributed by atoms with E-state index in [0.717, 1.165) is 12.2 Å². The molecule has 102 valence electrons. The molecule has 0 aliphatic carbocycles. The topological polar surface area (TPSA) is 34.1 Å². The van der Waals surface area contributed by atoms with Gasteiger partial charge in [-0.1, -0.05) is 6.92 Å². The third-order valence-corrected chi connectivity index (χ3v) is 2.37. The molecule has 0 fully saturated rings. The summed E-state index contributed by atoms with van der Waals surface area (Å²) in [5.41, 5.74) is 0.833. The Morgan fingerprint density at radius 3 is 2.61 bits per heavy atom. The van der Waals surface area contributed by atoms with Crippen molar-refractivity contribution in [3.8, 4) is 5.75 Å². The first kappa shape index (κ1) is 14.8. The van der Waals surface area contributed by atoms with Crippen molar-refractivity contribution in [2.75, 3.05) is 13.2 Å². The first-order valence-electron chi connectivity index (χ1n) is 5.81. The number of nitrogens with one attached hydrogen (secondary N) is 1.